The van der Waals surface area contributed by atoms with Gasteiger partial charge in [0, 0.05) is 25.6 Å². The topological polar surface area (TPSA) is 76.3 Å². The molecule has 6 heteroatoms. The lowest BCUT2D eigenvalue weighted by Crippen LogP contribution is -2.24. The second-order valence-electron chi connectivity index (χ2n) is 4.62. The quantitative estimate of drug-likeness (QED) is 0.636. The van der Waals surface area contributed by atoms with E-state index in [0.29, 0.717) is 5.95 Å². The van der Waals surface area contributed by atoms with Crippen LogP contribution in [0.4, 0.5) is 11.8 Å². The highest BCUT2D eigenvalue weighted by atomic mass is 16.5. The first kappa shape index (κ1) is 12.1. The van der Waals surface area contributed by atoms with Crippen molar-refractivity contribution in [1.29, 1.82) is 0 Å². The molecule has 0 radical (unpaired) electrons. The minimum atomic E-state index is 0.267. The number of hydrogen-bond acceptors (Lipinski definition) is 6. The number of aromatic nitrogens is 2. The number of methoxy groups -OCH3 is 1. The highest BCUT2D eigenvalue weighted by molar-refractivity contribution is 5.90. The van der Waals surface area contributed by atoms with Crippen molar-refractivity contribution in [3.05, 3.63) is 24.3 Å². The van der Waals surface area contributed by atoms with Gasteiger partial charge in [-0.15, -0.1) is 0 Å². The summed E-state index contributed by atoms with van der Waals surface area (Å²) in [7, 11) is 1.75. The number of ether oxygens (including phenoxy) is 1. The maximum Gasteiger partial charge on any atom is 0.239 e. The molecule has 0 saturated carbocycles. The number of rotatable bonds is 3. The van der Waals surface area contributed by atoms with Crippen LogP contribution in [-0.4, -0.2) is 36.3 Å². The first-order valence-corrected chi connectivity index (χ1v) is 6.33. The zero-order valence-electron chi connectivity index (χ0n) is 10.8. The van der Waals surface area contributed by atoms with Gasteiger partial charge in [-0.05, 0) is 18.6 Å². The van der Waals surface area contributed by atoms with E-state index < -0.39 is 0 Å². The predicted molar refractivity (Wildman–Crippen MR) is 75.0 cm³/mol. The summed E-state index contributed by atoms with van der Waals surface area (Å²) in [5, 5.41) is 1.04. The molecule has 6 nitrogen and oxygen atoms in total. The molecule has 1 aliphatic rings. The van der Waals surface area contributed by atoms with Crippen LogP contribution >= 0.6 is 0 Å². The van der Waals surface area contributed by atoms with Crippen LogP contribution in [0.5, 0.6) is 0 Å². The SMILES string of the molecule is COC1CCN(c2nc(NN)nc3ccccc23)C1. The van der Waals surface area contributed by atoms with E-state index in [9.17, 15) is 0 Å². The summed E-state index contributed by atoms with van der Waals surface area (Å²) in [4.78, 5) is 11.1. The van der Waals surface area contributed by atoms with Gasteiger partial charge in [-0.2, -0.15) is 4.98 Å². The average Bonchev–Trinajstić information content (AvgIpc) is 2.94. The fraction of sp³-hybridized carbons (Fsp3) is 0.385. The molecular formula is C13H17N5O. The molecule has 1 aliphatic heterocycles. The first-order chi connectivity index (χ1) is 9.31. The third kappa shape index (κ3) is 2.20. The summed E-state index contributed by atoms with van der Waals surface area (Å²) >= 11 is 0. The van der Waals surface area contributed by atoms with Crippen molar-refractivity contribution in [2.24, 2.45) is 5.84 Å². The Morgan fingerprint density at radius 2 is 2.21 bits per heavy atom. The van der Waals surface area contributed by atoms with Crippen molar-refractivity contribution in [3.63, 3.8) is 0 Å². The summed E-state index contributed by atoms with van der Waals surface area (Å²) in [5.41, 5.74) is 3.42. The van der Waals surface area contributed by atoms with Crippen molar-refractivity contribution in [2.45, 2.75) is 12.5 Å². The number of nitrogens with one attached hydrogen (secondary N) is 1. The van der Waals surface area contributed by atoms with Crippen LogP contribution in [0, 0.1) is 0 Å². The van der Waals surface area contributed by atoms with Crippen LogP contribution in [-0.2, 0) is 4.74 Å². The highest BCUT2D eigenvalue weighted by Crippen LogP contribution is 2.28. The molecule has 3 N–H and O–H groups in total. The Labute approximate surface area is 111 Å². The van der Waals surface area contributed by atoms with Crippen molar-refractivity contribution in [2.75, 3.05) is 30.5 Å². The monoisotopic (exact) mass is 259 g/mol. The minimum absolute atomic E-state index is 0.267. The van der Waals surface area contributed by atoms with Gasteiger partial charge in [-0.1, -0.05) is 12.1 Å². The van der Waals surface area contributed by atoms with Gasteiger partial charge in [-0.25, -0.2) is 10.8 Å². The van der Waals surface area contributed by atoms with Gasteiger partial charge in [0.2, 0.25) is 5.95 Å². The molecule has 100 valence electrons. The number of nitrogens with two attached hydrogens (primary N) is 1. The Morgan fingerprint density at radius 3 is 2.95 bits per heavy atom. The molecule has 0 amide bonds. The fourth-order valence-corrected chi connectivity index (χ4v) is 2.48. The molecule has 1 unspecified atom stereocenters. The molecule has 2 heterocycles. The van der Waals surface area contributed by atoms with Crippen molar-refractivity contribution in [3.8, 4) is 0 Å². The lowest BCUT2D eigenvalue weighted by atomic mass is 10.2. The fourth-order valence-electron chi connectivity index (χ4n) is 2.48. The van der Waals surface area contributed by atoms with Gasteiger partial charge >= 0.3 is 0 Å². The van der Waals surface area contributed by atoms with Crippen LogP contribution in [0.15, 0.2) is 24.3 Å². The van der Waals surface area contributed by atoms with Crippen LogP contribution in [0.1, 0.15) is 6.42 Å². The minimum Gasteiger partial charge on any atom is -0.380 e. The van der Waals surface area contributed by atoms with Crippen LogP contribution < -0.4 is 16.2 Å². The third-order valence-corrected chi connectivity index (χ3v) is 3.49. The Hall–Kier alpha value is -1.92. The molecule has 19 heavy (non-hydrogen) atoms. The first-order valence-electron chi connectivity index (χ1n) is 6.33. The third-order valence-electron chi connectivity index (χ3n) is 3.49. The maximum absolute atomic E-state index is 5.44. The number of benzene rings is 1. The Bertz CT molecular complexity index is 588. The summed E-state index contributed by atoms with van der Waals surface area (Å²) in [5.74, 6) is 6.80. The van der Waals surface area contributed by atoms with Gasteiger partial charge in [0.1, 0.15) is 5.82 Å². The van der Waals surface area contributed by atoms with Gasteiger partial charge in [0.25, 0.3) is 0 Å². The van der Waals surface area contributed by atoms with Crippen molar-refractivity contribution < 1.29 is 4.74 Å². The summed E-state index contributed by atoms with van der Waals surface area (Å²) in [6.45, 7) is 1.78. The van der Waals surface area contributed by atoms with Gasteiger partial charge in [-0.3, -0.25) is 5.43 Å². The maximum atomic E-state index is 5.44. The van der Waals surface area contributed by atoms with E-state index in [1.54, 1.807) is 7.11 Å². The molecule has 1 aromatic carbocycles. The van der Waals surface area contributed by atoms with Gasteiger partial charge < -0.3 is 9.64 Å². The van der Waals surface area contributed by atoms with E-state index in [2.05, 4.69) is 20.3 Å². The number of hydrogen-bond donors (Lipinski definition) is 2. The molecule has 0 aliphatic carbocycles. The smallest absolute Gasteiger partial charge is 0.239 e. The highest BCUT2D eigenvalue weighted by Gasteiger charge is 2.25. The normalized spacial score (nSPS) is 19.1. The number of nitrogens with zero attached hydrogens (tertiary/aromatic N) is 3. The largest absolute Gasteiger partial charge is 0.380 e. The van der Waals surface area contributed by atoms with Crippen molar-refractivity contribution >= 4 is 22.7 Å². The summed E-state index contributed by atoms with van der Waals surface area (Å²) in [6, 6.07) is 7.95. The number of anilines is 2. The second-order valence-corrected chi connectivity index (χ2v) is 4.62. The Kier molecular flexibility index (Phi) is 3.18. The van der Waals surface area contributed by atoms with Gasteiger partial charge in [0.05, 0.1) is 11.6 Å². The van der Waals surface area contributed by atoms with E-state index in [-0.39, 0.29) is 6.10 Å². The Balaban J connectivity index is 2.06. The molecule has 1 aromatic heterocycles. The van der Waals surface area contributed by atoms with Crippen molar-refractivity contribution in [1.82, 2.24) is 9.97 Å². The second kappa shape index (κ2) is 4.99. The van der Waals surface area contributed by atoms with Crippen LogP contribution in [0.2, 0.25) is 0 Å². The van der Waals surface area contributed by atoms with E-state index in [1.165, 1.54) is 0 Å². The number of hydrazine groups is 1. The van der Waals surface area contributed by atoms with Crippen LogP contribution in [0.3, 0.4) is 0 Å². The molecule has 1 fully saturated rings. The lowest BCUT2D eigenvalue weighted by Gasteiger charge is -2.19. The number of nitrogen functional groups attached to an aromatic ring is 1. The molecule has 0 bridgehead atoms. The van der Waals surface area contributed by atoms with Gasteiger partial charge in [0.15, 0.2) is 0 Å². The summed E-state index contributed by atoms with van der Waals surface area (Å²) < 4.78 is 5.41. The number of fused-ring (bicyclic) bond motifs is 1. The molecular weight excluding hydrogens is 242 g/mol. The standard InChI is InChI=1S/C13H17N5O/c1-19-9-6-7-18(8-9)12-10-4-2-3-5-11(10)15-13(16-12)17-14/h2-5,9H,6-8,14H2,1H3,(H,15,16,17). The van der Waals surface area contributed by atoms with E-state index >= 15 is 0 Å². The average molecular weight is 259 g/mol. The Morgan fingerprint density at radius 1 is 1.37 bits per heavy atom. The molecule has 3 rings (SSSR count). The van der Waals surface area contributed by atoms with E-state index in [0.717, 1.165) is 36.2 Å². The zero-order valence-corrected chi connectivity index (χ0v) is 10.8. The van der Waals surface area contributed by atoms with Crippen LogP contribution in [0.25, 0.3) is 10.9 Å². The van der Waals surface area contributed by atoms with E-state index in [1.807, 2.05) is 24.3 Å². The summed E-state index contributed by atoms with van der Waals surface area (Å²) in [6.07, 6.45) is 1.28. The lowest BCUT2D eigenvalue weighted by molar-refractivity contribution is 0.121. The van der Waals surface area contributed by atoms with E-state index in [4.69, 9.17) is 10.6 Å². The molecule has 2 aromatic rings. The molecule has 1 atom stereocenters. The number of para-hydroxylation sites is 1. The molecule has 1 saturated heterocycles. The zero-order chi connectivity index (χ0) is 13.2. The predicted octanol–water partition coefficient (Wildman–Crippen LogP) is 1.14. The molecule has 0 spiro atoms.